The maximum absolute atomic E-state index is 12.3. The van der Waals surface area contributed by atoms with Crippen LogP contribution in [0.15, 0.2) is 45.6 Å². The summed E-state index contributed by atoms with van der Waals surface area (Å²) in [5, 5.41) is 0. The summed E-state index contributed by atoms with van der Waals surface area (Å²) in [5.74, 6) is -1.27. The number of benzene rings is 1. The van der Waals surface area contributed by atoms with Crippen molar-refractivity contribution >= 4 is 17.2 Å². The molecule has 0 aliphatic rings. The fourth-order valence-electron chi connectivity index (χ4n) is 2.66. The number of ether oxygens (including phenoxy) is 2. The van der Waals surface area contributed by atoms with Gasteiger partial charge in [-0.05, 0) is 42.3 Å². The van der Waals surface area contributed by atoms with Gasteiger partial charge in [0.2, 0.25) is 0 Å². The zero-order valence-electron chi connectivity index (χ0n) is 16.2. The lowest BCUT2D eigenvalue weighted by Crippen LogP contribution is -2.19. The molecular weight excluding hydrogens is 405 g/mol. The standard InChI is InChI=1S/C20H19F3N2O5/c1-12(2)11-28-17(26)9-10-25-18-16(29-19(25)27)8-7-15(24-18)13-3-5-14(6-4-13)30-20(21,22)23/h3-8,12H,9-11H2,1-2H3. The van der Waals surface area contributed by atoms with Crippen LogP contribution in [0, 0.1) is 5.92 Å². The maximum Gasteiger partial charge on any atom is 0.573 e. The fourth-order valence-corrected chi connectivity index (χ4v) is 2.66. The van der Waals surface area contributed by atoms with E-state index in [0.717, 1.165) is 0 Å². The van der Waals surface area contributed by atoms with Gasteiger partial charge in [-0.2, -0.15) is 0 Å². The Kier molecular flexibility index (Phi) is 6.14. The van der Waals surface area contributed by atoms with E-state index in [1.165, 1.54) is 34.9 Å². The summed E-state index contributed by atoms with van der Waals surface area (Å²) < 4.78 is 52.2. The summed E-state index contributed by atoms with van der Waals surface area (Å²) in [4.78, 5) is 28.3. The third kappa shape index (κ3) is 5.40. The zero-order valence-corrected chi connectivity index (χ0v) is 16.2. The lowest BCUT2D eigenvalue weighted by Gasteiger charge is -2.09. The molecule has 0 atom stereocenters. The van der Waals surface area contributed by atoms with Gasteiger partial charge in [-0.15, -0.1) is 13.2 Å². The summed E-state index contributed by atoms with van der Waals surface area (Å²) in [6.45, 7) is 4.14. The molecule has 0 unspecified atom stereocenters. The molecular formula is C20H19F3N2O5. The first kappa shape index (κ1) is 21.4. The van der Waals surface area contributed by atoms with Crippen LogP contribution in [0.3, 0.4) is 0 Å². The molecule has 3 aromatic rings. The number of hydrogen-bond acceptors (Lipinski definition) is 6. The van der Waals surface area contributed by atoms with Crippen molar-refractivity contribution in [2.24, 2.45) is 5.92 Å². The average Bonchev–Trinajstić information content (AvgIpc) is 2.98. The molecule has 0 N–H and O–H groups in total. The van der Waals surface area contributed by atoms with Gasteiger partial charge in [0.05, 0.1) is 18.7 Å². The Bertz CT molecular complexity index is 1080. The van der Waals surface area contributed by atoms with Crippen molar-refractivity contribution < 1.29 is 31.9 Å². The van der Waals surface area contributed by atoms with E-state index in [4.69, 9.17) is 9.15 Å². The summed E-state index contributed by atoms with van der Waals surface area (Å²) in [6.07, 6.45) is -4.81. The number of oxazole rings is 1. The number of hydrogen-bond donors (Lipinski definition) is 0. The highest BCUT2D eigenvalue weighted by molar-refractivity contribution is 5.74. The van der Waals surface area contributed by atoms with Crippen molar-refractivity contribution in [2.75, 3.05) is 6.61 Å². The molecule has 10 heteroatoms. The maximum atomic E-state index is 12.3. The second kappa shape index (κ2) is 8.60. The number of carbonyl (C=O) groups is 1. The van der Waals surface area contributed by atoms with E-state index in [1.54, 1.807) is 6.07 Å². The zero-order chi connectivity index (χ0) is 21.9. The highest BCUT2D eigenvalue weighted by Gasteiger charge is 2.31. The second-order valence-corrected chi connectivity index (χ2v) is 6.94. The van der Waals surface area contributed by atoms with E-state index in [0.29, 0.717) is 11.3 Å². The first-order valence-electron chi connectivity index (χ1n) is 9.14. The summed E-state index contributed by atoms with van der Waals surface area (Å²) >= 11 is 0. The Labute approximate surface area is 169 Å². The summed E-state index contributed by atoms with van der Waals surface area (Å²) in [7, 11) is 0. The van der Waals surface area contributed by atoms with Crippen LogP contribution in [0.25, 0.3) is 22.5 Å². The molecule has 2 aromatic heterocycles. The smallest absolute Gasteiger partial charge is 0.465 e. The molecule has 30 heavy (non-hydrogen) atoms. The minimum atomic E-state index is -4.78. The van der Waals surface area contributed by atoms with Crippen LogP contribution in [0.1, 0.15) is 20.3 Å². The van der Waals surface area contributed by atoms with Crippen LogP contribution in [-0.4, -0.2) is 28.5 Å². The minimum Gasteiger partial charge on any atom is -0.465 e. The van der Waals surface area contributed by atoms with Gasteiger partial charge in [0.15, 0.2) is 11.2 Å². The molecule has 0 fully saturated rings. The first-order chi connectivity index (χ1) is 14.1. The molecule has 0 spiro atoms. The molecule has 0 bridgehead atoms. The lowest BCUT2D eigenvalue weighted by molar-refractivity contribution is -0.274. The Balaban J connectivity index is 1.81. The normalized spacial score (nSPS) is 11.8. The van der Waals surface area contributed by atoms with Gasteiger partial charge in [-0.3, -0.25) is 9.36 Å². The quantitative estimate of drug-likeness (QED) is 0.530. The van der Waals surface area contributed by atoms with Gasteiger partial charge in [0.25, 0.3) is 0 Å². The number of nitrogens with zero attached hydrogens (tertiary/aromatic N) is 2. The van der Waals surface area contributed by atoms with Crippen LogP contribution in [0.4, 0.5) is 13.2 Å². The number of aromatic nitrogens is 2. The van der Waals surface area contributed by atoms with E-state index in [2.05, 4.69) is 9.72 Å². The van der Waals surface area contributed by atoms with Gasteiger partial charge in [-0.25, -0.2) is 9.78 Å². The van der Waals surface area contributed by atoms with E-state index in [1.807, 2.05) is 13.8 Å². The molecule has 2 heterocycles. The predicted molar refractivity (Wildman–Crippen MR) is 101 cm³/mol. The molecule has 1 aromatic carbocycles. The molecule has 0 radical (unpaired) electrons. The molecule has 0 amide bonds. The SMILES string of the molecule is CC(C)COC(=O)CCn1c(=O)oc2ccc(-c3ccc(OC(F)(F)F)cc3)nc21. The Morgan fingerprint density at radius 2 is 1.87 bits per heavy atom. The Morgan fingerprint density at radius 1 is 1.17 bits per heavy atom. The lowest BCUT2D eigenvalue weighted by atomic mass is 10.1. The van der Waals surface area contributed by atoms with Crippen LogP contribution in [0.2, 0.25) is 0 Å². The number of pyridine rings is 1. The fraction of sp³-hybridized carbons (Fsp3) is 0.350. The van der Waals surface area contributed by atoms with Gasteiger partial charge >= 0.3 is 18.1 Å². The number of esters is 1. The number of rotatable bonds is 7. The predicted octanol–water partition coefficient (Wildman–Crippen LogP) is 4.14. The average molecular weight is 424 g/mol. The van der Waals surface area contributed by atoms with Gasteiger partial charge in [-0.1, -0.05) is 13.8 Å². The van der Waals surface area contributed by atoms with Crippen LogP contribution >= 0.6 is 0 Å². The van der Waals surface area contributed by atoms with Crippen LogP contribution in [-0.2, 0) is 16.1 Å². The van der Waals surface area contributed by atoms with Crippen LogP contribution < -0.4 is 10.5 Å². The van der Waals surface area contributed by atoms with Crippen molar-refractivity contribution in [3.63, 3.8) is 0 Å². The molecule has 3 rings (SSSR count). The topological polar surface area (TPSA) is 83.6 Å². The number of alkyl halides is 3. The van der Waals surface area contributed by atoms with Crippen molar-refractivity contribution in [2.45, 2.75) is 33.2 Å². The van der Waals surface area contributed by atoms with Crippen LogP contribution in [0.5, 0.6) is 5.75 Å². The third-order valence-corrected chi connectivity index (χ3v) is 4.01. The van der Waals surface area contributed by atoms with E-state index in [-0.39, 0.29) is 42.5 Å². The van der Waals surface area contributed by atoms with E-state index < -0.39 is 18.1 Å². The van der Waals surface area contributed by atoms with Gasteiger partial charge in [0, 0.05) is 12.1 Å². The van der Waals surface area contributed by atoms with Gasteiger partial charge < -0.3 is 13.9 Å². The number of halogens is 3. The Hall–Kier alpha value is -3.30. The Morgan fingerprint density at radius 3 is 2.50 bits per heavy atom. The van der Waals surface area contributed by atoms with Crippen molar-refractivity contribution in [3.05, 3.63) is 46.9 Å². The van der Waals surface area contributed by atoms with E-state index in [9.17, 15) is 22.8 Å². The number of aryl methyl sites for hydroxylation is 1. The number of fused-ring (bicyclic) bond motifs is 1. The van der Waals surface area contributed by atoms with Crippen molar-refractivity contribution in [1.82, 2.24) is 9.55 Å². The molecule has 160 valence electrons. The molecule has 0 aliphatic heterocycles. The monoisotopic (exact) mass is 424 g/mol. The largest absolute Gasteiger partial charge is 0.573 e. The summed E-state index contributed by atoms with van der Waals surface area (Å²) in [5.41, 5.74) is 1.39. The first-order valence-corrected chi connectivity index (χ1v) is 9.14. The molecule has 0 saturated carbocycles. The van der Waals surface area contributed by atoms with Gasteiger partial charge in [0.1, 0.15) is 5.75 Å². The van der Waals surface area contributed by atoms with Crippen molar-refractivity contribution in [1.29, 1.82) is 0 Å². The van der Waals surface area contributed by atoms with E-state index >= 15 is 0 Å². The summed E-state index contributed by atoms with van der Waals surface area (Å²) in [6, 6.07) is 8.28. The third-order valence-electron chi connectivity index (χ3n) is 4.01. The molecule has 0 saturated heterocycles. The minimum absolute atomic E-state index is 0.0254. The highest BCUT2D eigenvalue weighted by Crippen LogP contribution is 2.26. The molecule has 7 nitrogen and oxygen atoms in total. The molecule has 0 aliphatic carbocycles. The second-order valence-electron chi connectivity index (χ2n) is 6.94. The number of carbonyl (C=O) groups excluding carboxylic acids is 1. The highest BCUT2D eigenvalue weighted by atomic mass is 19.4. The van der Waals surface area contributed by atoms with Crippen molar-refractivity contribution in [3.8, 4) is 17.0 Å².